The highest BCUT2D eigenvalue weighted by atomic mass is 16.3. The molecule has 1 heterocycles. The van der Waals surface area contributed by atoms with E-state index in [1.54, 1.807) is 24.5 Å². The van der Waals surface area contributed by atoms with Crippen LogP contribution in [0.2, 0.25) is 0 Å². The Morgan fingerprint density at radius 2 is 2.44 bits per heavy atom. The zero-order valence-corrected chi connectivity index (χ0v) is 4.91. The van der Waals surface area contributed by atoms with E-state index in [1.165, 1.54) is 0 Å². The van der Waals surface area contributed by atoms with Gasteiger partial charge in [-0.3, -0.25) is 4.98 Å². The lowest BCUT2D eigenvalue weighted by atomic mass is 10.3. The zero-order chi connectivity index (χ0) is 6.69. The van der Waals surface area contributed by atoms with Crippen LogP contribution in [0.15, 0.2) is 31.1 Å². The Labute approximate surface area is 53.5 Å². The molecule has 0 fully saturated rings. The summed E-state index contributed by atoms with van der Waals surface area (Å²) in [4.78, 5) is 3.79. The summed E-state index contributed by atoms with van der Waals surface area (Å²) in [6, 6.07) is 3.49. The summed E-state index contributed by atoms with van der Waals surface area (Å²) in [5, 5.41) is 8.79. The molecule has 0 atom stereocenters. The molecule has 1 aromatic heterocycles. The molecule has 2 heteroatoms. The number of aromatic nitrogens is 1. The maximum absolute atomic E-state index is 8.79. The average Bonchev–Trinajstić information content (AvgIpc) is 1.90. The van der Waals surface area contributed by atoms with E-state index in [1.807, 2.05) is 0 Å². The minimum atomic E-state index is 0.0584. The van der Waals surface area contributed by atoms with E-state index in [4.69, 9.17) is 5.11 Å². The van der Waals surface area contributed by atoms with Gasteiger partial charge in [0, 0.05) is 18.0 Å². The number of aliphatic hydroxyl groups is 1. The third-order valence-corrected chi connectivity index (χ3v) is 0.995. The number of aliphatic hydroxyl groups excluding tert-OH is 1. The maximum Gasteiger partial charge on any atom is 0.117 e. The highest BCUT2D eigenvalue weighted by Crippen LogP contribution is 2.04. The topological polar surface area (TPSA) is 33.1 Å². The standard InChI is InChI=1S/C7H7NO/c1-6(9)7-3-2-4-8-5-7/h2-5,9H,1H2. The SMILES string of the molecule is C=C(O)c1cccnc1. The van der Waals surface area contributed by atoms with E-state index in [-0.39, 0.29) is 5.76 Å². The molecule has 1 aromatic rings. The molecule has 0 aliphatic rings. The molecule has 0 spiro atoms. The summed E-state index contributed by atoms with van der Waals surface area (Å²) in [6.45, 7) is 3.34. The zero-order valence-electron chi connectivity index (χ0n) is 4.91. The smallest absolute Gasteiger partial charge is 0.117 e. The van der Waals surface area contributed by atoms with Crippen LogP contribution in [0, 0.1) is 0 Å². The predicted octanol–water partition coefficient (Wildman–Crippen LogP) is 1.61. The molecule has 0 aliphatic heterocycles. The van der Waals surface area contributed by atoms with Crippen molar-refractivity contribution >= 4 is 5.76 Å². The first-order valence-electron chi connectivity index (χ1n) is 2.59. The van der Waals surface area contributed by atoms with E-state index >= 15 is 0 Å². The molecule has 1 rings (SSSR count). The predicted molar refractivity (Wildman–Crippen MR) is 35.9 cm³/mol. The van der Waals surface area contributed by atoms with Gasteiger partial charge in [0.1, 0.15) is 5.76 Å². The Balaban J connectivity index is 2.98. The molecule has 0 aliphatic carbocycles. The van der Waals surface area contributed by atoms with Crippen LogP contribution >= 0.6 is 0 Å². The quantitative estimate of drug-likeness (QED) is 0.572. The molecule has 2 nitrogen and oxygen atoms in total. The van der Waals surface area contributed by atoms with Crippen LogP contribution in [0.5, 0.6) is 0 Å². The summed E-state index contributed by atoms with van der Waals surface area (Å²) in [5.74, 6) is 0.0584. The van der Waals surface area contributed by atoms with Gasteiger partial charge >= 0.3 is 0 Å². The minimum absolute atomic E-state index is 0.0584. The number of rotatable bonds is 1. The van der Waals surface area contributed by atoms with E-state index in [2.05, 4.69) is 11.6 Å². The van der Waals surface area contributed by atoms with Crippen molar-refractivity contribution in [2.24, 2.45) is 0 Å². The summed E-state index contributed by atoms with van der Waals surface area (Å²) < 4.78 is 0. The molecule has 0 radical (unpaired) electrons. The van der Waals surface area contributed by atoms with E-state index in [0.29, 0.717) is 5.56 Å². The lowest BCUT2D eigenvalue weighted by Gasteiger charge is -1.92. The van der Waals surface area contributed by atoms with Crippen LogP contribution in [-0.2, 0) is 0 Å². The van der Waals surface area contributed by atoms with Gasteiger partial charge in [0.25, 0.3) is 0 Å². The van der Waals surface area contributed by atoms with Crippen molar-refractivity contribution in [1.29, 1.82) is 0 Å². The molecule has 0 aromatic carbocycles. The van der Waals surface area contributed by atoms with E-state index < -0.39 is 0 Å². The van der Waals surface area contributed by atoms with Crippen molar-refractivity contribution in [2.45, 2.75) is 0 Å². The molecule has 0 bridgehead atoms. The normalized spacial score (nSPS) is 8.89. The molecular formula is C7H7NO. The Hall–Kier alpha value is -1.31. The fraction of sp³-hybridized carbons (Fsp3) is 0. The van der Waals surface area contributed by atoms with Crippen molar-refractivity contribution in [1.82, 2.24) is 4.98 Å². The van der Waals surface area contributed by atoms with Crippen molar-refractivity contribution in [3.05, 3.63) is 36.7 Å². The summed E-state index contributed by atoms with van der Waals surface area (Å²) >= 11 is 0. The van der Waals surface area contributed by atoms with Gasteiger partial charge in [0.2, 0.25) is 0 Å². The van der Waals surface area contributed by atoms with Crippen molar-refractivity contribution < 1.29 is 5.11 Å². The lowest BCUT2D eigenvalue weighted by molar-refractivity contribution is 0.513. The first-order chi connectivity index (χ1) is 4.30. The largest absolute Gasteiger partial charge is 0.508 e. The Morgan fingerprint density at radius 1 is 1.67 bits per heavy atom. The number of nitrogens with zero attached hydrogens (tertiary/aromatic N) is 1. The molecule has 1 N–H and O–H groups in total. The van der Waals surface area contributed by atoms with E-state index in [9.17, 15) is 0 Å². The number of pyridine rings is 1. The maximum atomic E-state index is 8.79. The van der Waals surface area contributed by atoms with Crippen LogP contribution in [0.4, 0.5) is 0 Å². The van der Waals surface area contributed by atoms with Gasteiger partial charge in [-0.2, -0.15) is 0 Å². The molecule has 0 amide bonds. The second kappa shape index (κ2) is 2.31. The van der Waals surface area contributed by atoms with Crippen LogP contribution in [-0.4, -0.2) is 10.1 Å². The van der Waals surface area contributed by atoms with Crippen LogP contribution in [0.1, 0.15) is 5.56 Å². The summed E-state index contributed by atoms with van der Waals surface area (Å²) in [5.41, 5.74) is 0.664. The van der Waals surface area contributed by atoms with Gasteiger partial charge in [-0.15, -0.1) is 0 Å². The molecular weight excluding hydrogens is 114 g/mol. The molecule has 9 heavy (non-hydrogen) atoms. The van der Waals surface area contributed by atoms with Gasteiger partial charge in [0.05, 0.1) is 0 Å². The van der Waals surface area contributed by atoms with Gasteiger partial charge in [-0.1, -0.05) is 6.58 Å². The second-order valence-electron chi connectivity index (χ2n) is 1.69. The first kappa shape index (κ1) is 5.82. The van der Waals surface area contributed by atoms with Crippen LogP contribution in [0.3, 0.4) is 0 Å². The first-order valence-corrected chi connectivity index (χ1v) is 2.59. The van der Waals surface area contributed by atoms with Crippen LogP contribution in [0.25, 0.3) is 5.76 Å². The Bertz CT molecular complexity index is 205. The monoisotopic (exact) mass is 121 g/mol. The Kier molecular flexibility index (Phi) is 1.49. The average molecular weight is 121 g/mol. The van der Waals surface area contributed by atoms with Crippen molar-refractivity contribution in [3.8, 4) is 0 Å². The van der Waals surface area contributed by atoms with Gasteiger partial charge < -0.3 is 5.11 Å². The molecule has 0 unspecified atom stereocenters. The summed E-state index contributed by atoms with van der Waals surface area (Å²) in [7, 11) is 0. The van der Waals surface area contributed by atoms with E-state index in [0.717, 1.165) is 0 Å². The summed E-state index contributed by atoms with van der Waals surface area (Å²) in [6.07, 6.45) is 3.20. The fourth-order valence-electron chi connectivity index (χ4n) is 0.533. The van der Waals surface area contributed by atoms with Crippen molar-refractivity contribution in [2.75, 3.05) is 0 Å². The van der Waals surface area contributed by atoms with Gasteiger partial charge in [-0.25, -0.2) is 0 Å². The number of hydrogen-bond donors (Lipinski definition) is 1. The van der Waals surface area contributed by atoms with Crippen LogP contribution < -0.4 is 0 Å². The van der Waals surface area contributed by atoms with Crippen molar-refractivity contribution in [3.63, 3.8) is 0 Å². The fourth-order valence-corrected chi connectivity index (χ4v) is 0.533. The second-order valence-corrected chi connectivity index (χ2v) is 1.69. The third-order valence-electron chi connectivity index (χ3n) is 0.995. The van der Waals surface area contributed by atoms with Gasteiger partial charge in [-0.05, 0) is 12.1 Å². The molecule has 46 valence electrons. The lowest BCUT2D eigenvalue weighted by Crippen LogP contribution is -1.79. The highest BCUT2D eigenvalue weighted by molar-refractivity contribution is 5.54. The molecule has 0 saturated carbocycles. The number of hydrogen-bond acceptors (Lipinski definition) is 2. The highest BCUT2D eigenvalue weighted by Gasteiger charge is 1.90. The van der Waals surface area contributed by atoms with Gasteiger partial charge in [0.15, 0.2) is 0 Å². The molecule has 0 saturated heterocycles. The third kappa shape index (κ3) is 1.29. The Morgan fingerprint density at radius 3 is 2.78 bits per heavy atom. The minimum Gasteiger partial charge on any atom is -0.508 e.